The van der Waals surface area contributed by atoms with Gasteiger partial charge >= 0.3 is 0 Å². The number of fused-ring (bicyclic) bond motifs is 1. The largest absolute Gasteiger partial charge is 0.466 e. The first-order valence-corrected chi connectivity index (χ1v) is 9.07. The highest BCUT2D eigenvalue weighted by molar-refractivity contribution is 5.96. The molecule has 0 radical (unpaired) electrons. The Morgan fingerprint density at radius 2 is 1.77 bits per heavy atom. The molecule has 0 bridgehead atoms. The fourth-order valence-electron chi connectivity index (χ4n) is 3.89. The van der Waals surface area contributed by atoms with Crippen molar-refractivity contribution in [2.24, 2.45) is 0 Å². The zero-order chi connectivity index (χ0) is 18.3. The van der Waals surface area contributed by atoms with Crippen LogP contribution in [0.15, 0.2) is 59.0 Å². The van der Waals surface area contributed by atoms with Crippen LogP contribution in [0.3, 0.4) is 0 Å². The number of nitrogens with zero attached hydrogens (tertiary/aromatic N) is 1. The minimum Gasteiger partial charge on any atom is -0.466 e. The number of carbonyl (C=O) groups is 1. The predicted octanol–water partition coefficient (Wildman–Crippen LogP) is 4.99. The van der Waals surface area contributed by atoms with Crippen molar-refractivity contribution in [1.82, 2.24) is 4.90 Å². The second kappa shape index (κ2) is 6.49. The summed E-state index contributed by atoms with van der Waals surface area (Å²) in [6, 6.07) is 18.7. The van der Waals surface area contributed by atoms with Gasteiger partial charge in [0, 0.05) is 6.54 Å². The lowest BCUT2D eigenvalue weighted by Crippen LogP contribution is -2.40. The standard InChI is InChI=1S/C23H23NO2/c1-15-8-10-19(11-9-15)22-20-7-5-4-6-18(20)12-13-24(22)23(25)21-14-16(2)26-17(21)3/h4-11,14,22H,12-13H2,1-3H3/t22-/m0/s1. The van der Waals surface area contributed by atoms with Gasteiger partial charge in [0.25, 0.3) is 5.91 Å². The Kier molecular flexibility index (Phi) is 4.15. The molecule has 0 saturated carbocycles. The molecule has 0 aliphatic carbocycles. The first-order chi connectivity index (χ1) is 12.5. The molecular weight excluding hydrogens is 322 g/mol. The molecule has 1 aliphatic heterocycles. The monoisotopic (exact) mass is 345 g/mol. The van der Waals surface area contributed by atoms with Gasteiger partial charge in [0.2, 0.25) is 0 Å². The molecule has 0 spiro atoms. The van der Waals surface area contributed by atoms with E-state index >= 15 is 0 Å². The van der Waals surface area contributed by atoms with Crippen LogP contribution in [0.2, 0.25) is 0 Å². The lowest BCUT2D eigenvalue weighted by Gasteiger charge is -2.37. The van der Waals surface area contributed by atoms with E-state index in [1.54, 1.807) is 0 Å². The lowest BCUT2D eigenvalue weighted by molar-refractivity contribution is 0.0693. The highest BCUT2D eigenvalue weighted by Gasteiger charge is 2.33. The Balaban J connectivity index is 1.81. The van der Waals surface area contributed by atoms with Crippen LogP contribution in [0.25, 0.3) is 0 Å². The van der Waals surface area contributed by atoms with Crippen molar-refractivity contribution < 1.29 is 9.21 Å². The Morgan fingerprint density at radius 1 is 1.04 bits per heavy atom. The Labute approximate surface area is 154 Å². The number of benzene rings is 2. The van der Waals surface area contributed by atoms with Crippen molar-refractivity contribution in [3.8, 4) is 0 Å². The van der Waals surface area contributed by atoms with Crippen LogP contribution in [0, 0.1) is 20.8 Å². The van der Waals surface area contributed by atoms with Gasteiger partial charge in [0.05, 0.1) is 11.6 Å². The first kappa shape index (κ1) is 16.6. The summed E-state index contributed by atoms with van der Waals surface area (Å²) >= 11 is 0. The van der Waals surface area contributed by atoms with Crippen LogP contribution >= 0.6 is 0 Å². The summed E-state index contributed by atoms with van der Waals surface area (Å²) in [5.74, 6) is 1.50. The Hall–Kier alpha value is -2.81. The van der Waals surface area contributed by atoms with Crippen molar-refractivity contribution in [3.05, 3.63) is 93.9 Å². The normalized spacial score (nSPS) is 16.4. The molecule has 2 heterocycles. The molecule has 3 nitrogen and oxygen atoms in total. The highest BCUT2D eigenvalue weighted by Crippen LogP contribution is 2.36. The number of rotatable bonds is 2. The number of aryl methyl sites for hydroxylation is 3. The number of hydrogen-bond acceptors (Lipinski definition) is 2. The van der Waals surface area contributed by atoms with Crippen LogP contribution in [0.4, 0.5) is 0 Å². The molecule has 1 aliphatic rings. The molecule has 0 N–H and O–H groups in total. The smallest absolute Gasteiger partial charge is 0.258 e. The third kappa shape index (κ3) is 2.84. The molecule has 1 amide bonds. The number of carbonyl (C=O) groups excluding carboxylic acids is 1. The molecular formula is C23H23NO2. The SMILES string of the molecule is Cc1ccc([C@H]2c3ccccc3CCN2C(=O)c2cc(C)oc2C)cc1. The van der Waals surface area contributed by atoms with Crippen molar-refractivity contribution in [2.45, 2.75) is 33.2 Å². The van der Waals surface area contributed by atoms with Gasteiger partial charge < -0.3 is 9.32 Å². The molecule has 132 valence electrons. The van der Waals surface area contributed by atoms with Crippen LogP contribution in [-0.2, 0) is 6.42 Å². The zero-order valence-corrected chi connectivity index (χ0v) is 15.5. The number of hydrogen-bond donors (Lipinski definition) is 0. The van der Waals surface area contributed by atoms with Crippen molar-refractivity contribution >= 4 is 5.91 Å². The van der Waals surface area contributed by atoms with Crippen LogP contribution < -0.4 is 0 Å². The van der Waals surface area contributed by atoms with Gasteiger partial charge in [-0.25, -0.2) is 0 Å². The van der Waals surface area contributed by atoms with E-state index in [0.717, 1.165) is 17.7 Å². The summed E-state index contributed by atoms with van der Waals surface area (Å²) < 4.78 is 5.61. The Morgan fingerprint density at radius 3 is 2.46 bits per heavy atom. The van der Waals surface area contributed by atoms with Crippen LogP contribution in [0.5, 0.6) is 0 Å². The van der Waals surface area contributed by atoms with Gasteiger partial charge in [0.15, 0.2) is 0 Å². The van der Waals surface area contributed by atoms with Crippen molar-refractivity contribution in [1.29, 1.82) is 0 Å². The first-order valence-electron chi connectivity index (χ1n) is 9.07. The minimum atomic E-state index is -0.0670. The summed E-state index contributed by atoms with van der Waals surface area (Å²) in [6.07, 6.45) is 0.875. The average Bonchev–Trinajstić information content (AvgIpc) is 2.99. The van der Waals surface area contributed by atoms with E-state index in [1.165, 1.54) is 16.7 Å². The summed E-state index contributed by atoms with van der Waals surface area (Å²) in [5, 5.41) is 0. The van der Waals surface area contributed by atoms with Gasteiger partial charge in [-0.05, 0) is 49.9 Å². The fraction of sp³-hybridized carbons (Fsp3) is 0.261. The van der Waals surface area contributed by atoms with E-state index in [9.17, 15) is 4.79 Å². The van der Waals surface area contributed by atoms with Gasteiger partial charge in [-0.1, -0.05) is 54.1 Å². The van der Waals surface area contributed by atoms with E-state index in [4.69, 9.17) is 4.42 Å². The molecule has 2 aromatic carbocycles. The Bertz CT molecular complexity index is 953. The van der Waals surface area contributed by atoms with Gasteiger partial charge in [-0.2, -0.15) is 0 Å². The third-order valence-electron chi connectivity index (χ3n) is 5.21. The van der Waals surface area contributed by atoms with Crippen molar-refractivity contribution in [2.75, 3.05) is 6.54 Å². The quantitative estimate of drug-likeness (QED) is 0.655. The summed E-state index contributed by atoms with van der Waals surface area (Å²) in [7, 11) is 0. The maximum Gasteiger partial charge on any atom is 0.258 e. The number of furan rings is 1. The highest BCUT2D eigenvalue weighted by atomic mass is 16.3. The van der Waals surface area contributed by atoms with Gasteiger partial charge in [-0.15, -0.1) is 0 Å². The molecule has 1 atom stereocenters. The predicted molar refractivity (Wildman–Crippen MR) is 102 cm³/mol. The maximum atomic E-state index is 13.4. The summed E-state index contributed by atoms with van der Waals surface area (Å²) in [6.45, 7) is 6.53. The fourth-order valence-corrected chi connectivity index (χ4v) is 3.89. The molecule has 0 fully saturated rings. The van der Waals surface area contributed by atoms with Crippen molar-refractivity contribution in [3.63, 3.8) is 0 Å². The number of amides is 1. The minimum absolute atomic E-state index is 0.0411. The van der Waals surface area contributed by atoms with E-state index in [2.05, 4.69) is 55.5 Å². The van der Waals surface area contributed by atoms with Gasteiger partial charge in [-0.3, -0.25) is 4.79 Å². The van der Waals surface area contributed by atoms with Crippen LogP contribution in [0.1, 0.15) is 50.2 Å². The summed E-state index contributed by atoms with van der Waals surface area (Å²) in [4.78, 5) is 15.4. The topological polar surface area (TPSA) is 33.5 Å². The summed E-state index contributed by atoms with van der Waals surface area (Å²) in [5.41, 5.74) is 5.57. The molecule has 3 heteroatoms. The molecule has 4 rings (SSSR count). The molecule has 26 heavy (non-hydrogen) atoms. The molecule has 3 aromatic rings. The molecule has 0 saturated heterocycles. The van der Waals surface area contributed by atoms with Crippen LogP contribution in [-0.4, -0.2) is 17.4 Å². The van der Waals surface area contributed by atoms with E-state index < -0.39 is 0 Å². The second-order valence-electron chi connectivity index (χ2n) is 7.09. The van der Waals surface area contributed by atoms with E-state index in [1.807, 2.05) is 24.8 Å². The lowest BCUT2D eigenvalue weighted by atomic mass is 9.87. The second-order valence-corrected chi connectivity index (χ2v) is 7.09. The van der Waals surface area contributed by atoms with Gasteiger partial charge in [0.1, 0.15) is 11.5 Å². The average molecular weight is 345 g/mol. The van der Waals surface area contributed by atoms with E-state index in [-0.39, 0.29) is 11.9 Å². The van der Waals surface area contributed by atoms with E-state index in [0.29, 0.717) is 17.9 Å². The third-order valence-corrected chi connectivity index (χ3v) is 5.21. The molecule has 1 aromatic heterocycles. The maximum absolute atomic E-state index is 13.4. The molecule has 0 unspecified atom stereocenters. The zero-order valence-electron chi connectivity index (χ0n) is 15.5.